The molecule has 3 atom stereocenters. The van der Waals surface area contributed by atoms with Crippen molar-refractivity contribution in [2.45, 2.75) is 71.0 Å². The summed E-state index contributed by atoms with van der Waals surface area (Å²) >= 11 is 0. The molecule has 0 spiro atoms. The van der Waals surface area contributed by atoms with Gasteiger partial charge in [0.15, 0.2) is 0 Å². The summed E-state index contributed by atoms with van der Waals surface area (Å²) in [6, 6.07) is 1.77. The summed E-state index contributed by atoms with van der Waals surface area (Å²) in [5.41, 5.74) is 0.363. The Morgan fingerprint density at radius 3 is 2.00 bits per heavy atom. The third kappa shape index (κ3) is 3.21. The molecular weight excluding hydrogens is 282 g/mol. The molecule has 0 amide bonds. The van der Waals surface area contributed by atoms with Gasteiger partial charge in [0.25, 0.3) is 0 Å². The molecule has 1 saturated carbocycles. The Balaban J connectivity index is 1.26. The maximum atomic E-state index is 2.85. The van der Waals surface area contributed by atoms with Crippen molar-refractivity contribution >= 4 is 0 Å². The van der Waals surface area contributed by atoms with Crippen LogP contribution in [0.5, 0.6) is 0 Å². The van der Waals surface area contributed by atoms with Crippen molar-refractivity contribution in [3.8, 4) is 0 Å². The molecule has 4 rings (SSSR count). The molecular formula is C20H37N3. The monoisotopic (exact) mass is 319 g/mol. The summed E-state index contributed by atoms with van der Waals surface area (Å²) in [5, 5.41) is 0. The van der Waals surface area contributed by atoms with Gasteiger partial charge < -0.3 is 4.90 Å². The molecule has 23 heavy (non-hydrogen) atoms. The van der Waals surface area contributed by atoms with Crippen LogP contribution in [0, 0.1) is 17.8 Å². The van der Waals surface area contributed by atoms with Gasteiger partial charge in [-0.3, -0.25) is 9.80 Å². The predicted octanol–water partition coefficient (Wildman–Crippen LogP) is 2.91. The number of likely N-dealkylation sites (tertiary alicyclic amines) is 3. The number of hydrogen-bond acceptors (Lipinski definition) is 3. The van der Waals surface area contributed by atoms with Crippen LogP contribution in [-0.2, 0) is 0 Å². The second kappa shape index (κ2) is 6.00. The number of nitrogens with zero attached hydrogens (tertiary/aromatic N) is 3. The molecule has 3 unspecified atom stereocenters. The van der Waals surface area contributed by atoms with E-state index in [1.807, 2.05) is 0 Å². The molecule has 3 saturated heterocycles. The SMILES string of the molecule is CC1CCCN(C2CC3CN(C4CN(C(C)(C)C)C4)CC3C2)C1. The van der Waals surface area contributed by atoms with Crippen LogP contribution >= 0.6 is 0 Å². The van der Waals surface area contributed by atoms with Crippen LogP contribution in [-0.4, -0.2) is 71.6 Å². The van der Waals surface area contributed by atoms with Crippen LogP contribution in [0.4, 0.5) is 0 Å². The standard InChI is InChI=1S/C20H37N3/c1-15-6-5-7-21(10-15)18-8-16-11-22(12-17(16)9-18)19-13-23(14-19)20(2,3)4/h15-19H,5-14H2,1-4H3. The third-order valence-electron chi connectivity index (χ3n) is 7.29. The summed E-state index contributed by atoms with van der Waals surface area (Å²) < 4.78 is 0. The number of hydrogen-bond donors (Lipinski definition) is 0. The molecule has 4 aliphatic rings. The van der Waals surface area contributed by atoms with Crippen LogP contribution in [0.25, 0.3) is 0 Å². The second-order valence-electron chi connectivity index (χ2n) is 10.1. The zero-order valence-corrected chi connectivity index (χ0v) is 15.8. The highest BCUT2D eigenvalue weighted by atomic mass is 15.3. The van der Waals surface area contributed by atoms with E-state index in [0.717, 1.165) is 29.8 Å². The van der Waals surface area contributed by atoms with Gasteiger partial charge in [-0.15, -0.1) is 0 Å². The first kappa shape index (κ1) is 16.4. The fourth-order valence-corrected chi connectivity index (χ4v) is 5.69. The lowest BCUT2D eigenvalue weighted by atomic mass is 9.96. The highest BCUT2D eigenvalue weighted by Gasteiger charge is 2.47. The second-order valence-corrected chi connectivity index (χ2v) is 10.1. The molecule has 0 aromatic carbocycles. The van der Waals surface area contributed by atoms with E-state index in [2.05, 4.69) is 42.4 Å². The molecule has 132 valence electrons. The number of rotatable bonds is 2. The van der Waals surface area contributed by atoms with Gasteiger partial charge in [0.1, 0.15) is 0 Å². The minimum atomic E-state index is 0.363. The van der Waals surface area contributed by atoms with Crippen molar-refractivity contribution in [1.82, 2.24) is 14.7 Å². The van der Waals surface area contributed by atoms with Gasteiger partial charge in [0, 0.05) is 50.3 Å². The zero-order chi connectivity index (χ0) is 16.2. The highest BCUT2D eigenvalue weighted by Crippen LogP contribution is 2.42. The Hall–Kier alpha value is -0.120. The van der Waals surface area contributed by atoms with E-state index in [-0.39, 0.29) is 0 Å². The van der Waals surface area contributed by atoms with Gasteiger partial charge >= 0.3 is 0 Å². The smallest absolute Gasteiger partial charge is 0.0351 e. The van der Waals surface area contributed by atoms with Crippen molar-refractivity contribution < 1.29 is 0 Å². The van der Waals surface area contributed by atoms with E-state index >= 15 is 0 Å². The molecule has 0 aromatic rings. The predicted molar refractivity (Wildman–Crippen MR) is 96.7 cm³/mol. The van der Waals surface area contributed by atoms with Crippen molar-refractivity contribution in [3.05, 3.63) is 0 Å². The van der Waals surface area contributed by atoms with E-state index in [9.17, 15) is 0 Å². The van der Waals surface area contributed by atoms with Gasteiger partial charge in [-0.25, -0.2) is 0 Å². The molecule has 3 aliphatic heterocycles. The van der Waals surface area contributed by atoms with Crippen molar-refractivity contribution in [2.75, 3.05) is 39.3 Å². The number of fused-ring (bicyclic) bond motifs is 1. The minimum absolute atomic E-state index is 0.363. The molecule has 3 nitrogen and oxygen atoms in total. The average Bonchev–Trinajstić information content (AvgIpc) is 2.93. The first-order valence-corrected chi connectivity index (χ1v) is 10.1. The summed E-state index contributed by atoms with van der Waals surface area (Å²) in [6.45, 7) is 17.6. The lowest BCUT2D eigenvalue weighted by Crippen LogP contribution is -2.64. The summed E-state index contributed by atoms with van der Waals surface area (Å²) in [4.78, 5) is 8.33. The van der Waals surface area contributed by atoms with Gasteiger partial charge in [0.05, 0.1) is 0 Å². The maximum absolute atomic E-state index is 2.85. The van der Waals surface area contributed by atoms with Gasteiger partial charge in [0.2, 0.25) is 0 Å². The quantitative estimate of drug-likeness (QED) is 0.775. The third-order valence-corrected chi connectivity index (χ3v) is 7.29. The normalized spacial score (nSPS) is 41.2. The van der Waals surface area contributed by atoms with Gasteiger partial charge in [-0.1, -0.05) is 6.92 Å². The molecule has 0 bridgehead atoms. The summed E-state index contributed by atoms with van der Waals surface area (Å²) in [5.74, 6) is 2.93. The van der Waals surface area contributed by atoms with Crippen LogP contribution in [0.2, 0.25) is 0 Å². The molecule has 0 radical (unpaired) electrons. The van der Waals surface area contributed by atoms with E-state index < -0.39 is 0 Å². The lowest BCUT2D eigenvalue weighted by molar-refractivity contribution is -0.0173. The van der Waals surface area contributed by atoms with E-state index in [4.69, 9.17) is 0 Å². The maximum Gasteiger partial charge on any atom is 0.0351 e. The largest absolute Gasteiger partial charge is 0.300 e. The molecule has 0 aromatic heterocycles. The zero-order valence-electron chi connectivity index (χ0n) is 15.8. The fourth-order valence-electron chi connectivity index (χ4n) is 5.69. The first-order valence-electron chi connectivity index (χ1n) is 10.1. The van der Waals surface area contributed by atoms with E-state index in [0.29, 0.717) is 5.54 Å². The fraction of sp³-hybridized carbons (Fsp3) is 1.00. The topological polar surface area (TPSA) is 9.72 Å². The molecule has 4 fully saturated rings. The van der Waals surface area contributed by atoms with Crippen molar-refractivity contribution in [1.29, 1.82) is 0 Å². The van der Waals surface area contributed by atoms with Gasteiger partial charge in [-0.05, 0) is 70.8 Å². The minimum Gasteiger partial charge on any atom is -0.300 e. The highest BCUT2D eigenvalue weighted by molar-refractivity contribution is 5.02. The molecule has 3 heterocycles. The summed E-state index contributed by atoms with van der Waals surface area (Å²) in [6.07, 6.45) is 5.87. The van der Waals surface area contributed by atoms with E-state index in [1.54, 1.807) is 0 Å². The Morgan fingerprint density at radius 2 is 1.43 bits per heavy atom. The van der Waals surface area contributed by atoms with Crippen molar-refractivity contribution in [2.24, 2.45) is 17.8 Å². The molecule has 3 heteroatoms. The van der Waals surface area contributed by atoms with Gasteiger partial charge in [-0.2, -0.15) is 0 Å². The Bertz CT molecular complexity index is 409. The Labute approximate surface area is 143 Å². The summed E-state index contributed by atoms with van der Waals surface area (Å²) in [7, 11) is 0. The van der Waals surface area contributed by atoms with Crippen LogP contribution in [0.1, 0.15) is 53.4 Å². The van der Waals surface area contributed by atoms with Crippen molar-refractivity contribution in [3.63, 3.8) is 0 Å². The number of piperidine rings is 1. The first-order chi connectivity index (χ1) is 10.9. The van der Waals surface area contributed by atoms with Crippen LogP contribution < -0.4 is 0 Å². The van der Waals surface area contributed by atoms with E-state index in [1.165, 1.54) is 65.0 Å². The Kier molecular flexibility index (Phi) is 4.26. The average molecular weight is 320 g/mol. The van der Waals surface area contributed by atoms with Crippen LogP contribution in [0.3, 0.4) is 0 Å². The lowest BCUT2D eigenvalue weighted by Gasteiger charge is -2.51. The Morgan fingerprint density at radius 1 is 0.783 bits per heavy atom. The molecule has 0 N–H and O–H groups in total. The van der Waals surface area contributed by atoms with Crippen LogP contribution in [0.15, 0.2) is 0 Å². The molecule has 1 aliphatic carbocycles.